The Hall–Kier alpha value is -2.90. The lowest BCUT2D eigenvalue weighted by molar-refractivity contribution is -0.163. The number of ether oxygens (including phenoxy) is 3. The Labute approximate surface area is 246 Å². The summed E-state index contributed by atoms with van der Waals surface area (Å²) < 4.78 is 16.3. The molecule has 41 heavy (non-hydrogen) atoms. The lowest BCUT2D eigenvalue weighted by Crippen LogP contribution is -2.27. The maximum atomic E-state index is 12.2. The van der Waals surface area contributed by atoms with Crippen LogP contribution in [0.3, 0.4) is 0 Å². The zero-order valence-electron chi connectivity index (χ0n) is 25.2. The van der Waals surface area contributed by atoms with Crippen LogP contribution >= 0.6 is 0 Å². The van der Waals surface area contributed by atoms with Gasteiger partial charge in [-0.25, -0.2) is 4.79 Å². The lowest BCUT2D eigenvalue weighted by atomic mass is 10.0. The van der Waals surface area contributed by atoms with Crippen LogP contribution in [0.1, 0.15) is 102 Å². The van der Waals surface area contributed by atoms with Gasteiger partial charge < -0.3 is 24.4 Å². The molecule has 0 saturated heterocycles. The van der Waals surface area contributed by atoms with Gasteiger partial charge >= 0.3 is 11.9 Å². The molecule has 7 heteroatoms. The molecule has 0 aliphatic carbocycles. The molecule has 0 heterocycles. The Bertz CT molecular complexity index is 985. The summed E-state index contributed by atoms with van der Waals surface area (Å²) in [5.74, 6) is -0.493. The summed E-state index contributed by atoms with van der Waals surface area (Å²) in [7, 11) is 0. The molecule has 7 nitrogen and oxygen atoms in total. The average Bonchev–Trinajstić information content (AvgIpc) is 2.99. The summed E-state index contributed by atoms with van der Waals surface area (Å²) in [6.45, 7) is 7.11. The first-order valence-electron chi connectivity index (χ1n) is 15.3. The Morgan fingerprint density at radius 2 is 1.17 bits per heavy atom. The van der Waals surface area contributed by atoms with Crippen LogP contribution in [-0.2, 0) is 14.3 Å². The normalized spacial score (nSPS) is 12.6. The van der Waals surface area contributed by atoms with Crippen molar-refractivity contribution in [2.24, 2.45) is 11.8 Å². The first kappa shape index (κ1) is 34.3. The number of aliphatic hydroxyl groups is 2. The van der Waals surface area contributed by atoms with E-state index in [1.54, 1.807) is 0 Å². The number of carbonyl (C=O) groups excluding carboxylic acids is 2. The number of hydrogen-bond acceptors (Lipinski definition) is 7. The van der Waals surface area contributed by atoms with Crippen LogP contribution in [0.2, 0.25) is 0 Å². The van der Waals surface area contributed by atoms with Gasteiger partial charge in [-0.2, -0.15) is 0 Å². The third kappa shape index (κ3) is 14.0. The largest absolute Gasteiger partial charge is 0.494 e. The van der Waals surface area contributed by atoms with Gasteiger partial charge in [0.25, 0.3) is 0 Å². The van der Waals surface area contributed by atoms with Gasteiger partial charge in [0, 0.05) is 0 Å². The predicted octanol–water partition coefficient (Wildman–Crippen LogP) is 7.33. The van der Waals surface area contributed by atoms with E-state index in [2.05, 4.69) is 13.8 Å². The Morgan fingerprint density at radius 1 is 0.683 bits per heavy atom. The van der Waals surface area contributed by atoms with Crippen LogP contribution < -0.4 is 4.74 Å². The molecule has 0 amide bonds. The van der Waals surface area contributed by atoms with E-state index in [9.17, 15) is 9.59 Å². The van der Waals surface area contributed by atoms with Crippen LogP contribution in [0.15, 0.2) is 48.5 Å². The molecule has 2 atom stereocenters. The van der Waals surface area contributed by atoms with Crippen LogP contribution in [0.25, 0.3) is 11.1 Å². The quantitative estimate of drug-likeness (QED) is 0.0920. The van der Waals surface area contributed by atoms with Crippen molar-refractivity contribution < 1.29 is 34.0 Å². The van der Waals surface area contributed by atoms with Crippen molar-refractivity contribution in [3.63, 3.8) is 0 Å². The van der Waals surface area contributed by atoms with Crippen molar-refractivity contribution in [3.8, 4) is 16.9 Å². The number of benzene rings is 2. The highest BCUT2D eigenvalue weighted by molar-refractivity contribution is 5.90. The van der Waals surface area contributed by atoms with E-state index >= 15 is 0 Å². The Morgan fingerprint density at radius 3 is 1.68 bits per heavy atom. The number of carbonyl (C=O) groups is 2. The number of unbranched alkanes of at least 4 members (excludes halogenated alkanes) is 9. The molecule has 2 aromatic rings. The van der Waals surface area contributed by atoms with Crippen molar-refractivity contribution in [1.29, 1.82) is 0 Å². The molecule has 228 valence electrons. The predicted molar refractivity (Wildman–Crippen MR) is 162 cm³/mol. The summed E-state index contributed by atoms with van der Waals surface area (Å²) >= 11 is 0. The highest BCUT2D eigenvalue weighted by Crippen LogP contribution is 2.23. The molecule has 2 N–H and O–H groups in total. The molecule has 0 fully saturated rings. The third-order valence-electron chi connectivity index (χ3n) is 7.37. The minimum Gasteiger partial charge on any atom is -0.494 e. The van der Waals surface area contributed by atoms with Gasteiger partial charge in [-0.3, -0.25) is 4.79 Å². The van der Waals surface area contributed by atoms with Crippen LogP contribution in [-0.4, -0.2) is 48.3 Å². The minimum absolute atomic E-state index is 0.275. The lowest BCUT2D eigenvalue weighted by Gasteiger charge is -2.12. The molecular formula is C34H50O7. The van der Waals surface area contributed by atoms with Gasteiger partial charge in [0.05, 0.1) is 25.4 Å². The topological polar surface area (TPSA) is 102 Å². The Balaban J connectivity index is 1.49. The Kier molecular flexibility index (Phi) is 16.8. The molecular weight excluding hydrogens is 520 g/mol. The molecule has 2 rings (SSSR count). The molecule has 2 aromatic carbocycles. The van der Waals surface area contributed by atoms with E-state index in [4.69, 9.17) is 24.4 Å². The molecule has 0 aliphatic rings. The van der Waals surface area contributed by atoms with Gasteiger partial charge in [-0.1, -0.05) is 95.9 Å². The smallest absolute Gasteiger partial charge is 0.338 e. The molecule has 0 bridgehead atoms. The van der Waals surface area contributed by atoms with E-state index in [0.717, 1.165) is 55.4 Å². The fourth-order valence-electron chi connectivity index (χ4n) is 4.20. The summed E-state index contributed by atoms with van der Waals surface area (Å²) in [5, 5.41) is 17.9. The number of aliphatic hydroxyl groups excluding tert-OH is 1. The van der Waals surface area contributed by atoms with E-state index in [1.165, 1.54) is 39.0 Å². The number of rotatable bonds is 21. The SMILES string of the molecule is CCC(C)COC(=O)c1ccc(-c2ccc(OCCCCCCCCCCCCOC(=O)C(C)C(O)O)cc2)cc1. The van der Waals surface area contributed by atoms with Crippen LogP contribution in [0.5, 0.6) is 5.75 Å². The summed E-state index contributed by atoms with van der Waals surface area (Å²) in [4.78, 5) is 23.7. The molecule has 0 spiro atoms. The van der Waals surface area contributed by atoms with Crippen LogP contribution in [0, 0.1) is 11.8 Å². The second-order valence-electron chi connectivity index (χ2n) is 11.0. The van der Waals surface area contributed by atoms with Crippen molar-refractivity contribution in [2.75, 3.05) is 19.8 Å². The van der Waals surface area contributed by atoms with E-state index in [1.807, 2.05) is 48.5 Å². The van der Waals surface area contributed by atoms with Gasteiger partial charge in [0.2, 0.25) is 0 Å². The van der Waals surface area contributed by atoms with Crippen molar-refractivity contribution in [1.82, 2.24) is 0 Å². The van der Waals surface area contributed by atoms with E-state index in [0.29, 0.717) is 31.3 Å². The average molecular weight is 571 g/mol. The van der Waals surface area contributed by atoms with Crippen molar-refractivity contribution in [2.45, 2.75) is 97.7 Å². The summed E-state index contributed by atoms with van der Waals surface area (Å²) in [6, 6.07) is 15.6. The molecule has 0 aliphatic heterocycles. The summed E-state index contributed by atoms with van der Waals surface area (Å²) in [6.07, 6.45) is 10.6. The van der Waals surface area contributed by atoms with Gasteiger partial charge in [-0.15, -0.1) is 0 Å². The van der Waals surface area contributed by atoms with E-state index < -0.39 is 18.2 Å². The molecule has 0 radical (unpaired) electrons. The van der Waals surface area contributed by atoms with E-state index in [-0.39, 0.29) is 5.97 Å². The highest BCUT2D eigenvalue weighted by atomic mass is 16.5. The zero-order valence-corrected chi connectivity index (χ0v) is 25.2. The first-order chi connectivity index (χ1) is 19.8. The van der Waals surface area contributed by atoms with Gasteiger partial charge in [0.15, 0.2) is 6.29 Å². The maximum absolute atomic E-state index is 12.2. The molecule has 0 saturated carbocycles. The van der Waals surface area contributed by atoms with Gasteiger partial charge in [-0.05, 0) is 61.1 Å². The fourth-order valence-corrected chi connectivity index (χ4v) is 4.20. The number of esters is 2. The van der Waals surface area contributed by atoms with Gasteiger partial charge in [0.1, 0.15) is 11.7 Å². The molecule has 0 aromatic heterocycles. The third-order valence-corrected chi connectivity index (χ3v) is 7.37. The second-order valence-corrected chi connectivity index (χ2v) is 11.0. The monoisotopic (exact) mass is 570 g/mol. The maximum Gasteiger partial charge on any atom is 0.338 e. The van der Waals surface area contributed by atoms with Crippen molar-refractivity contribution >= 4 is 11.9 Å². The summed E-state index contributed by atoms with van der Waals surface area (Å²) in [5.41, 5.74) is 2.70. The molecule has 2 unspecified atom stereocenters. The second kappa shape index (κ2) is 20.1. The number of hydrogen-bond donors (Lipinski definition) is 2. The highest BCUT2D eigenvalue weighted by Gasteiger charge is 2.20. The van der Waals surface area contributed by atoms with Crippen molar-refractivity contribution in [3.05, 3.63) is 54.1 Å². The standard InChI is InChI=1S/C34H50O7/c1-4-26(2)25-41-34(38)30-17-15-28(16-18-30)29-19-21-31(22-20-29)39-23-13-11-9-7-5-6-8-10-12-14-24-40-33(37)27(3)32(35)36/h15-22,26-27,32,35-36H,4-14,23-25H2,1-3H3. The van der Waals surface area contributed by atoms with Crippen LogP contribution in [0.4, 0.5) is 0 Å². The zero-order chi connectivity index (χ0) is 29.9. The fraction of sp³-hybridized carbons (Fsp3) is 0.588. The minimum atomic E-state index is -1.66. The first-order valence-corrected chi connectivity index (χ1v) is 15.3.